The van der Waals surface area contributed by atoms with Crippen LogP contribution < -0.4 is 0 Å². The molecule has 0 unspecified atom stereocenters. The fourth-order valence-corrected chi connectivity index (χ4v) is 1.17. The molecule has 1 rings (SSSR count). The molecule has 92 valence electrons. The monoisotopic (exact) mass is 236 g/mol. The summed E-state index contributed by atoms with van der Waals surface area (Å²) in [5, 5.41) is 3.83. The quantitative estimate of drug-likeness (QED) is 0.786. The highest BCUT2D eigenvalue weighted by Gasteiger charge is 2.27. The fourth-order valence-electron chi connectivity index (χ4n) is 1.17. The summed E-state index contributed by atoms with van der Waals surface area (Å²) in [6.45, 7) is 3.87. The molecule has 1 aromatic rings. The van der Waals surface area contributed by atoms with Crippen molar-refractivity contribution < 1.29 is 17.9 Å². The number of hydrogen-bond donors (Lipinski definition) is 0. The van der Waals surface area contributed by atoms with E-state index >= 15 is 0 Å². The predicted molar refractivity (Wildman–Crippen MR) is 52.8 cm³/mol. The number of nitrogens with zero attached hydrogens (tertiary/aromatic N) is 2. The molecule has 0 N–H and O–H groups in total. The van der Waals surface area contributed by atoms with Crippen LogP contribution in [0.2, 0.25) is 0 Å². The number of halogens is 3. The molecule has 0 saturated heterocycles. The molecular formula is C10H15F3N2O. The van der Waals surface area contributed by atoms with Crippen molar-refractivity contribution in [3.05, 3.63) is 18.0 Å². The van der Waals surface area contributed by atoms with E-state index in [1.807, 2.05) is 13.8 Å². The Hall–Kier alpha value is -1.04. The second kappa shape index (κ2) is 5.34. The van der Waals surface area contributed by atoms with Crippen LogP contribution >= 0.6 is 0 Å². The standard InChI is InChI=1S/C10H15F3N2O/c1-8(2)16-7-9-3-5-14-15(9)6-4-10(11,12)13/h3,5,8H,4,6-7H2,1-2H3. The average molecular weight is 236 g/mol. The molecular weight excluding hydrogens is 221 g/mol. The fraction of sp³-hybridized carbons (Fsp3) is 0.700. The van der Waals surface area contributed by atoms with Gasteiger partial charge < -0.3 is 4.74 Å². The summed E-state index contributed by atoms with van der Waals surface area (Å²) in [6, 6.07) is 1.67. The first-order valence-corrected chi connectivity index (χ1v) is 5.07. The molecule has 0 amide bonds. The van der Waals surface area contributed by atoms with Crippen LogP contribution in [-0.2, 0) is 17.9 Å². The van der Waals surface area contributed by atoms with Crippen LogP contribution in [-0.4, -0.2) is 22.1 Å². The molecule has 16 heavy (non-hydrogen) atoms. The first-order valence-electron chi connectivity index (χ1n) is 5.07. The average Bonchev–Trinajstić information content (AvgIpc) is 2.57. The molecule has 1 heterocycles. The first kappa shape index (κ1) is 13.0. The van der Waals surface area contributed by atoms with Crippen LogP contribution in [0.1, 0.15) is 26.0 Å². The molecule has 1 aromatic heterocycles. The number of aromatic nitrogens is 2. The van der Waals surface area contributed by atoms with Crippen LogP contribution in [0, 0.1) is 0 Å². The SMILES string of the molecule is CC(C)OCc1ccnn1CCC(F)(F)F. The van der Waals surface area contributed by atoms with Crippen LogP contribution in [0.3, 0.4) is 0 Å². The summed E-state index contributed by atoms with van der Waals surface area (Å²) in [6.07, 6.45) is -3.49. The Balaban J connectivity index is 2.50. The normalized spacial score (nSPS) is 12.4. The molecule has 3 nitrogen and oxygen atoms in total. The lowest BCUT2D eigenvalue weighted by atomic mass is 10.4. The van der Waals surface area contributed by atoms with Crippen molar-refractivity contribution in [2.45, 2.75) is 45.7 Å². The van der Waals surface area contributed by atoms with Crippen LogP contribution in [0.5, 0.6) is 0 Å². The lowest BCUT2D eigenvalue weighted by Gasteiger charge is -2.11. The second-order valence-electron chi connectivity index (χ2n) is 3.77. The Labute approximate surface area is 92.2 Å². The molecule has 0 aliphatic carbocycles. The van der Waals surface area contributed by atoms with E-state index in [0.29, 0.717) is 5.69 Å². The minimum atomic E-state index is -4.15. The molecule has 0 spiro atoms. The van der Waals surface area contributed by atoms with Crippen LogP contribution in [0.4, 0.5) is 13.2 Å². The maximum atomic E-state index is 12.0. The zero-order valence-electron chi connectivity index (χ0n) is 9.29. The predicted octanol–water partition coefficient (Wildman–Crippen LogP) is 2.76. The Bertz CT molecular complexity index is 320. The van der Waals surface area contributed by atoms with Crippen molar-refractivity contribution in [3.8, 4) is 0 Å². The summed E-state index contributed by atoms with van der Waals surface area (Å²) < 4.78 is 42.7. The molecule has 0 atom stereocenters. The van der Waals surface area contributed by atoms with Gasteiger partial charge in [-0.15, -0.1) is 0 Å². The molecule has 0 aliphatic rings. The number of ether oxygens (including phenoxy) is 1. The largest absolute Gasteiger partial charge is 0.390 e. The van der Waals surface area contributed by atoms with Gasteiger partial charge in [0.2, 0.25) is 0 Å². The summed E-state index contributed by atoms with van der Waals surface area (Å²) in [5.74, 6) is 0. The molecule has 6 heteroatoms. The van der Waals surface area contributed by atoms with Gasteiger partial charge in [0, 0.05) is 12.7 Å². The van der Waals surface area contributed by atoms with Gasteiger partial charge in [-0.1, -0.05) is 0 Å². The second-order valence-corrected chi connectivity index (χ2v) is 3.77. The van der Waals surface area contributed by atoms with Crippen molar-refractivity contribution in [1.29, 1.82) is 0 Å². The van der Waals surface area contributed by atoms with E-state index < -0.39 is 12.6 Å². The van der Waals surface area contributed by atoms with Gasteiger partial charge >= 0.3 is 6.18 Å². The number of hydrogen-bond acceptors (Lipinski definition) is 2. The van der Waals surface area contributed by atoms with E-state index in [4.69, 9.17) is 4.74 Å². The number of rotatable bonds is 5. The van der Waals surface area contributed by atoms with E-state index in [1.165, 1.54) is 10.9 Å². The minimum absolute atomic E-state index is 0.0472. The lowest BCUT2D eigenvalue weighted by molar-refractivity contribution is -0.137. The van der Waals surface area contributed by atoms with Gasteiger partial charge in [-0.3, -0.25) is 4.68 Å². The van der Waals surface area contributed by atoms with Crippen molar-refractivity contribution >= 4 is 0 Å². The first-order chi connectivity index (χ1) is 7.38. The van der Waals surface area contributed by atoms with E-state index in [1.54, 1.807) is 6.07 Å². The van der Waals surface area contributed by atoms with Gasteiger partial charge in [0.1, 0.15) is 0 Å². The van der Waals surface area contributed by atoms with Gasteiger partial charge in [0.15, 0.2) is 0 Å². The van der Waals surface area contributed by atoms with Crippen molar-refractivity contribution in [3.63, 3.8) is 0 Å². The van der Waals surface area contributed by atoms with E-state index in [0.717, 1.165) is 0 Å². The van der Waals surface area contributed by atoms with E-state index in [9.17, 15) is 13.2 Å². The molecule has 0 aromatic carbocycles. The molecule has 0 fully saturated rings. The van der Waals surface area contributed by atoms with E-state index in [2.05, 4.69) is 5.10 Å². The summed E-state index contributed by atoms with van der Waals surface area (Å²) in [4.78, 5) is 0. The topological polar surface area (TPSA) is 27.1 Å². The molecule has 0 aliphatic heterocycles. The Kier molecular flexibility index (Phi) is 4.35. The van der Waals surface area contributed by atoms with Gasteiger partial charge in [-0.05, 0) is 19.9 Å². The van der Waals surface area contributed by atoms with E-state index in [-0.39, 0.29) is 19.3 Å². The smallest absolute Gasteiger partial charge is 0.373 e. The molecule has 0 saturated carbocycles. The van der Waals surface area contributed by atoms with Gasteiger partial charge in [-0.25, -0.2) is 0 Å². The van der Waals surface area contributed by atoms with Gasteiger partial charge in [0.05, 0.1) is 24.8 Å². The lowest BCUT2D eigenvalue weighted by Crippen LogP contribution is -2.15. The molecule has 0 bridgehead atoms. The Morgan fingerprint density at radius 1 is 1.44 bits per heavy atom. The Morgan fingerprint density at radius 2 is 2.12 bits per heavy atom. The van der Waals surface area contributed by atoms with Crippen LogP contribution in [0.15, 0.2) is 12.3 Å². The number of alkyl halides is 3. The zero-order valence-corrected chi connectivity index (χ0v) is 9.29. The third-order valence-electron chi connectivity index (χ3n) is 1.98. The summed E-state index contributed by atoms with van der Waals surface area (Å²) >= 11 is 0. The molecule has 0 radical (unpaired) electrons. The highest BCUT2D eigenvalue weighted by Crippen LogP contribution is 2.20. The zero-order chi connectivity index (χ0) is 12.2. The third-order valence-corrected chi connectivity index (χ3v) is 1.98. The summed E-state index contributed by atoms with van der Waals surface area (Å²) in [7, 11) is 0. The maximum absolute atomic E-state index is 12.0. The summed E-state index contributed by atoms with van der Waals surface area (Å²) in [5.41, 5.74) is 0.665. The van der Waals surface area contributed by atoms with Gasteiger partial charge in [-0.2, -0.15) is 18.3 Å². The third kappa shape index (κ3) is 4.65. The van der Waals surface area contributed by atoms with Gasteiger partial charge in [0.25, 0.3) is 0 Å². The number of aryl methyl sites for hydroxylation is 1. The highest BCUT2D eigenvalue weighted by atomic mass is 19.4. The van der Waals surface area contributed by atoms with Crippen molar-refractivity contribution in [2.75, 3.05) is 0 Å². The minimum Gasteiger partial charge on any atom is -0.373 e. The van der Waals surface area contributed by atoms with Crippen LogP contribution in [0.25, 0.3) is 0 Å². The Morgan fingerprint density at radius 3 is 2.69 bits per heavy atom. The van der Waals surface area contributed by atoms with Crippen molar-refractivity contribution in [1.82, 2.24) is 9.78 Å². The maximum Gasteiger partial charge on any atom is 0.390 e. The highest BCUT2D eigenvalue weighted by molar-refractivity contribution is 4.98. The van der Waals surface area contributed by atoms with Crippen molar-refractivity contribution in [2.24, 2.45) is 0 Å².